The molecule has 1 fully saturated rings. The fourth-order valence-electron chi connectivity index (χ4n) is 3.02. The van der Waals surface area contributed by atoms with Gasteiger partial charge in [0, 0.05) is 19.5 Å². The van der Waals surface area contributed by atoms with Crippen molar-refractivity contribution in [3.63, 3.8) is 0 Å². The Kier molecular flexibility index (Phi) is 4.31. The van der Waals surface area contributed by atoms with Crippen LogP contribution in [0.3, 0.4) is 0 Å². The van der Waals surface area contributed by atoms with Gasteiger partial charge in [0.1, 0.15) is 6.04 Å². The maximum Gasteiger partial charge on any atom is 0.247 e. The molecular formula is C14H21N3O2S. The summed E-state index contributed by atoms with van der Waals surface area (Å²) in [5.41, 5.74) is 0.916. The minimum atomic E-state index is -0.382. The average Bonchev–Trinajstić information content (AvgIpc) is 2.89. The number of fused-ring (bicyclic) bond motifs is 1. The number of thioether (sulfide) groups is 1. The number of nitrogens with zero attached hydrogens (tertiary/aromatic N) is 2. The van der Waals surface area contributed by atoms with Crippen molar-refractivity contribution in [2.75, 3.05) is 31.6 Å². The zero-order valence-corrected chi connectivity index (χ0v) is 12.6. The second-order valence-electron chi connectivity index (χ2n) is 5.47. The third kappa shape index (κ3) is 2.72. The van der Waals surface area contributed by atoms with Gasteiger partial charge >= 0.3 is 0 Å². The fourth-order valence-corrected chi connectivity index (χ4v) is 4.23. The Morgan fingerprint density at radius 2 is 2.30 bits per heavy atom. The van der Waals surface area contributed by atoms with Crippen molar-refractivity contribution in [2.45, 2.75) is 25.3 Å². The number of rotatable bonds is 3. The Morgan fingerprint density at radius 3 is 3.05 bits per heavy atom. The van der Waals surface area contributed by atoms with Crippen molar-refractivity contribution in [3.05, 3.63) is 17.8 Å². The van der Waals surface area contributed by atoms with Gasteiger partial charge in [-0.3, -0.25) is 4.79 Å². The van der Waals surface area contributed by atoms with E-state index in [1.807, 2.05) is 16.7 Å². The van der Waals surface area contributed by atoms with Gasteiger partial charge in [-0.25, -0.2) is 4.98 Å². The van der Waals surface area contributed by atoms with Gasteiger partial charge < -0.3 is 14.6 Å². The molecule has 0 aromatic carbocycles. The van der Waals surface area contributed by atoms with E-state index in [1.165, 1.54) is 30.7 Å². The summed E-state index contributed by atoms with van der Waals surface area (Å²) in [4.78, 5) is 18.9. The van der Waals surface area contributed by atoms with Crippen molar-refractivity contribution < 1.29 is 9.21 Å². The number of carbonyl (C=O) groups excluding carboxylic acids is 1. The van der Waals surface area contributed by atoms with Crippen LogP contribution in [-0.2, 0) is 11.2 Å². The van der Waals surface area contributed by atoms with E-state index in [1.54, 1.807) is 7.05 Å². The monoisotopic (exact) mass is 295 g/mol. The van der Waals surface area contributed by atoms with Gasteiger partial charge in [-0.15, -0.1) is 0 Å². The SMILES string of the molecule is CNC1C(=O)N(CC2CCSCC2)CCc2ncoc21. The number of likely N-dealkylation sites (N-methyl/N-ethyl adjacent to an activating group) is 1. The van der Waals surface area contributed by atoms with Crippen LogP contribution in [0.5, 0.6) is 0 Å². The molecule has 2 aliphatic rings. The van der Waals surface area contributed by atoms with Crippen LogP contribution in [0.15, 0.2) is 10.8 Å². The molecule has 0 spiro atoms. The molecule has 1 saturated heterocycles. The molecule has 20 heavy (non-hydrogen) atoms. The molecule has 3 rings (SSSR count). The highest BCUT2D eigenvalue weighted by atomic mass is 32.2. The molecule has 1 N–H and O–H groups in total. The Bertz CT molecular complexity index is 471. The van der Waals surface area contributed by atoms with Gasteiger partial charge in [0.2, 0.25) is 5.91 Å². The lowest BCUT2D eigenvalue weighted by atomic mass is 10.0. The topological polar surface area (TPSA) is 58.4 Å². The minimum absolute atomic E-state index is 0.126. The highest BCUT2D eigenvalue weighted by Crippen LogP contribution is 2.27. The van der Waals surface area contributed by atoms with Crippen LogP contribution in [0, 0.1) is 5.92 Å². The van der Waals surface area contributed by atoms with Crippen molar-refractivity contribution in [1.29, 1.82) is 0 Å². The first kappa shape index (κ1) is 13.9. The molecule has 0 bridgehead atoms. The lowest BCUT2D eigenvalue weighted by Crippen LogP contribution is -2.42. The van der Waals surface area contributed by atoms with E-state index in [2.05, 4.69) is 10.3 Å². The van der Waals surface area contributed by atoms with Crippen LogP contribution in [-0.4, -0.2) is 47.4 Å². The predicted molar refractivity (Wildman–Crippen MR) is 78.6 cm³/mol. The first-order chi connectivity index (χ1) is 9.79. The quantitative estimate of drug-likeness (QED) is 0.915. The molecule has 6 heteroatoms. The summed E-state index contributed by atoms with van der Waals surface area (Å²) in [6.45, 7) is 1.63. The second kappa shape index (κ2) is 6.18. The molecule has 3 heterocycles. The molecule has 1 amide bonds. The minimum Gasteiger partial charge on any atom is -0.446 e. The third-order valence-electron chi connectivity index (χ3n) is 4.22. The number of amides is 1. The molecule has 1 atom stereocenters. The van der Waals surface area contributed by atoms with Crippen LogP contribution in [0.4, 0.5) is 0 Å². The summed E-state index contributed by atoms with van der Waals surface area (Å²) in [5, 5.41) is 3.07. The Hall–Kier alpha value is -1.01. The summed E-state index contributed by atoms with van der Waals surface area (Å²) >= 11 is 2.02. The highest BCUT2D eigenvalue weighted by Gasteiger charge is 2.34. The summed E-state index contributed by atoms with van der Waals surface area (Å²) in [7, 11) is 1.80. The zero-order chi connectivity index (χ0) is 13.9. The van der Waals surface area contributed by atoms with Crippen molar-refractivity contribution in [2.24, 2.45) is 5.92 Å². The highest BCUT2D eigenvalue weighted by molar-refractivity contribution is 7.99. The molecule has 5 nitrogen and oxygen atoms in total. The van der Waals surface area contributed by atoms with Gasteiger partial charge in [-0.1, -0.05) is 0 Å². The molecule has 1 aromatic rings. The Balaban J connectivity index is 1.73. The first-order valence-corrected chi connectivity index (χ1v) is 8.41. The lowest BCUT2D eigenvalue weighted by molar-refractivity contribution is -0.134. The van der Waals surface area contributed by atoms with Crippen LogP contribution in [0.1, 0.15) is 30.3 Å². The van der Waals surface area contributed by atoms with Gasteiger partial charge in [-0.05, 0) is 37.3 Å². The summed E-state index contributed by atoms with van der Waals surface area (Å²) in [6, 6.07) is -0.382. The summed E-state index contributed by atoms with van der Waals surface area (Å²) in [5.74, 6) is 3.92. The van der Waals surface area contributed by atoms with Crippen molar-refractivity contribution in [1.82, 2.24) is 15.2 Å². The largest absolute Gasteiger partial charge is 0.446 e. The Morgan fingerprint density at radius 1 is 1.50 bits per heavy atom. The Labute approximate surface area is 123 Å². The molecule has 0 aliphatic carbocycles. The lowest BCUT2D eigenvalue weighted by Gasteiger charge is -2.30. The fraction of sp³-hybridized carbons (Fsp3) is 0.714. The summed E-state index contributed by atoms with van der Waals surface area (Å²) in [6.07, 6.45) is 4.68. The van der Waals surface area contributed by atoms with Crippen LogP contribution in [0.2, 0.25) is 0 Å². The van der Waals surface area contributed by atoms with E-state index < -0.39 is 0 Å². The number of aromatic nitrogens is 1. The molecule has 110 valence electrons. The number of carbonyl (C=O) groups is 1. The van der Waals surface area contributed by atoms with Crippen molar-refractivity contribution >= 4 is 17.7 Å². The molecule has 2 aliphatic heterocycles. The first-order valence-electron chi connectivity index (χ1n) is 7.25. The van der Waals surface area contributed by atoms with Crippen LogP contribution in [0.25, 0.3) is 0 Å². The summed E-state index contributed by atoms with van der Waals surface area (Å²) < 4.78 is 5.42. The maximum atomic E-state index is 12.7. The number of hydrogen-bond donors (Lipinski definition) is 1. The molecule has 1 unspecified atom stereocenters. The number of hydrogen-bond acceptors (Lipinski definition) is 5. The van der Waals surface area contributed by atoms with E-state index in [0.717, 1.165) is 25.2 Å². The third-order valence-corrected chi connectivity index (χ3v) is 5.27. The predicted octanol–water partition coefficient (Wildman–Crippen LogP) is 1.46. The smallest absolute Gasteiger partial charge is 0.247 e. The van der Waals surface area contributed by atoms with Gasteiger partial charge in [0.25, 0.3) is 0 Å². The van der Waals surface area contributed by atoms with Crippen LogP contribution >= 0.6 is 11.8 Å². The van der Waals surface area contributed by atoms with Crippen molar-refractivity contribution in [3.8, 4) is 0 Å². The van der Waals surface area contributed by atoms with E-state index in [0.29, 0.717) is 11.7 Å². The second-order valence-corrected chi connectivity index (χ2v) is 6.70. The van der Waals surface area contributed by atoms with E-state index >= 15 is 0 Å². The van der Waals surface area contributed by atoms with E-state index in [-0.39, 0.29) is 11.9 Å². The molecular weight excluding hydrogens is 274 g/mol. The molecule has 0 saturated carbocycles. The standard InChI is InChI=1S/C14H21N3O2S/c1-15-12-13-11(16-9-19-13)2-5-17(14(12)18)8-10-3-6-20-7-4-10/h9-10,12,15H,2-8H2,1H3. The molecule has 0 radical (unpaired) electrons. The maximum absolute atomic E-state index is 12.7. The zero-order valence-electron chi connectivity index (χ0n) is 11.8. The average molecular weight is 295 g/mol. The van der Waals surface area contributed by atoms with E-state index in [4.69, 9.17) is 4.42 Å². The van der Waals surface area contributed by atoms with Gasteiger partial charge in [0.05, 0.1) is 5.69 Å². The normalized spacial score (nSPS) is 24.6. The van der Waals surface area contributed by atoms with Gasteiger partial charge in [-0.2, -0.15) is 11.8 Å². The molecule has 1 aromatic heterocycles. The van der Waals surface area contributed by atoms with Crippen LogP contribution < -0.4 is 5.32 Å². The number of oxazole rings is 1. The van der Waals surface area contributed by atoms with E-state index in [9.17, 15) is 4.79 Å². The van der Waals surface area contributed by atoms with Gasteiger partial charge in [0.15, 0.2) is 12.2 Å². The number of nitrogens with one attached hydrogen (secondary N) is 1.